The van der Waals surface area contributed by atoms with Gasteiger partial charge in [-0.15, -0.1) is 12.4 Å². The molecule has 24 heavy (non-hydrogen) atoms. The Morgan fingerprint density at radius 3 is 2.25 bits per heavy atom. The van der Waals surface area contributed by atoms with Crippen molar-refractivity contribution in [3.8, 4) is 0 Å². The van der Waals surface area contributed by atoms with Crippen molar-refractivity contribution in [1.29, 1.82) is 0 Å². The fraction of sp³-hybridized carbons (Fsp3) is 0.294. The predicted molar refractivity (Wildman–Crippen MR) is 96.0 cm³/mol. The van der Waals surface area contributed by atoms with E-state index in [9.17, 15) is 9.00 Å². The fourth-order valence-electron chi connectivity index (χ4n) is 2.47. The molecule has 0 radical (unpaired) electrons. The Hall–Kier alpha value is -1.76. The van der Waals surface area contributed by atoms with E-state index >= 15 is 0 Å². The highest BCUT2D eigenvalue weighted by Crippen LogP contribution is 2.16. The first kappa shape index (κ1) is 18.6. The number of halogens is 1. The van der Waals surface area contributed by atoms with Gasteiger partial charge in [-0.05, 0) is 31.3 Å². The van der Waals surface area contributed by atoms with Gasteiger partial charge in [0, 0.05) is 37.3 Å². The van der Waals surface area contributed by atoms with Crippen LogP contribution in [0.4, 0.5) is 0 Å². The van der Waals surface area contributed by atoms with Gasteiger partial charge in [-0.1, -0.05) is 18.2 Å². The van der Waals surface area contributed by atoms with Gasteiger partial charge in [0.1, 0.15) is 5.69 Å². The Bertz CT molecular complexity index is 702. The van der Waals surface area contributed by atoms with Gasteiger partial charge in [-0.2, -0.15) is 0 Å². The Morgan fingerprint density at radius 2 is 1.67 bits per heavy atom. The summed E-state index contributed by atoms with van der Waals surface area (Å²) in [5.41, 5.74) is 0.406. The van der Waals surface area contributed by atoms with Gasteiger partial charge in [0.2, 0.25) is 0 Å². The minimum absolute atomic E-state index is 0. The van der Waals surface area contributed by atoms with Gasteiger partial charge < -0.3 is 9.80 Å². The third kappa shape index (κ3) is 4.20. The van der Waals surface area contributed by atoms with Crippen LogP contribution in [-0.4, -0.2) is 58.1 Å². The molecule has 1 aromatic carbocycles. The second kappa shape index (κ2) is 8.37. The molecule has 1 aromatic heterocycles. The van der Waals surface area contributed by atoms with Gasteiger partial charge in [0.15, 0.2) is 0 Å². The van der Waals surface area contributed by atoms with Crippen molar-refractivity contribution in [3.63, 3.8) is 0 Å². The van der Waals surface area contributed by atoms with Gasteiger partial charge in [0.25, 0.3) is 5.91 Å². The second-order valence-electron chi connectivity index (χ2n) is 5.56. The number of likely N-dealkylation sites (N-methyl/N-ethyl adjacent to an activating group) is 1. The molecule has 1 amide bonds. The standard InChI is InChI=1S/C17H19N3O2S.ClH/c1-19-9-11-20(12-10-19)17(21)16-8-7-15(13-18-16)23(22)14-5-3-2-4-6-14;/h2-8,13H,9-12H2,1H3;1H. The molecular formula is C17H20ClN3O2S. The molecule has 0 aliphatic carbocycles. The van der Waals surface area contributed by atoms with E-state index in [1.165, 1.54) is 6.20 Å². The first-order valence-corrected chi connectivity index (χ1v) is 8.71. The van der Waals surface area contributed by atoms with Crippen LogP contribution in [0.3, 0.4) is 0 Å². The molecular weight excluding hydrogens is 346 g/mol. The minimum Gasteiger partial charge on any atom is -0.335 e. The average molecular weight is 366 g/mol. The number of carbonyl (C=O) groups is 1. The number of pyridine rings is 1. The zero-order valence-corrected chi connectivity index (χ0v) is 15.1. The van der Waals surface area contributed by atoms with E-state index in [4.69, 9.17) is 0 Å². The molecule has 3 rings (SSSR count). The van der Waals surface area contributed by atoms with Gasteiger partial charge >= 0.3 is 0 Å². The number of hydrogen-bond donors (Lipinski definition) is 0. The largest absolute Gasteiger partial charge is 0.335 e. The zero-order chi connectivity index (χ0) is 16.2. The first-order chi connectivity index (χ1) is 11.1. The third-order valence-electron chi connectivity index (χ3n) is 3.92. The lowest BCUT2D eigenvalue weighted by Crippen LogP contribution is -2.47. The average Bonchev–Trinajstić information content (AvgIpc) is 2.62. The second-order valence-corrected chi connectivity index (χ2v) is 7.04. The third-order valence-corrected chi connectivity index (χ3v) is 5.29. The van der Waals surface area contributed by atoms with Gasteiger partial charge in [-0.25, -0.2) is 9.19 Å². The number of benzene rings is 1. The summed E-state index contributed by atoms with van der Waals surface area (Å²) in [5, 5.41) is 0. The Labute approximate surface area is 150 Å². The number of rotatable bonds is 3. The van der Waals surface area contributed by atoms with E-state index < -0.39 is 10.8 Å². The summed E-state index contributed by atoms with van der Waals surface area (Å²) < 4.78 is 12.4. The summed E-state index contributed by atoms with van der Waals surface area (Å²) in [6, 6.07) is 12.6. The molecule has 2 heterocycles. The maximum Gasteiger partial charge on any atom is 0.272 e. The fourth-order valence-corrected chi connectivity index (χ4v) is 3.48. The predicted octanol–water partition coefficient (Wildman–Crippen LogP) is 2.06. The zero-order valence-electron chi connectivity index (χ0n) is 13.4. The van der Waals surface area contributed by atoms with Crippen LogP contribution >= 0.6 is 12.4 Å². The number of nitrogens with zero attached hydrogens (tertiary/aromatic N) is 3. The first-order valence-electron chi connectivity index (χ1n) is 7.56. The van der Waals surface area contributed by atoms with Gasteiger partial charge in [0.05, 0.1) is 15.7 Å². The molecule has 1 saturated heterocycles. The van der Waals surface area contributed by atoms with E-state index in [1.54, 1.807) is 12.1 Å². The topological polar surface area (TPSA) is 53.5 Å². The van der Waals surface area contributed by atoms with Crippen molar-refractivity contribution >= 4 is 29.1 Å². The lowest BCUT2D eigenvalue weighted by Gasteiger charge is -2.32. The molecule has 1 unspecified atom stereocenters. The maximum atomic E-state index is 12.4. The molecule has 1 aliphatic heterocycles. The lowest BCUT2D eigenvalue weighted by molar-refractivity contribution is 0.0658. The highest BCUT2D eigenvalue weighted by atomic mass is 35.5. The highest BCUT2D eigenvalue weighted by Gasteiger charge is 2.21. The Kier molecular flexibility index (Phi) is 6.48. The van der Waals surface area contributed by atoms with Crippen LogP contribution in [0.25, 0.3) is 0 Å². The number of aromatic nitrogens is 1. The number of piperazine rings is 1. The van der Waals surface area contributed by atoms with Crippen molar-refractivity contribution in [2.45, 2.75) is 9.79 Å². The van der Waals surface area contributed by atoms with Crippen molar-refractivity contribution in [2.24, 2.45) is 0 Å². The molecule has 5 nitrogen and oxygen atoms in total. The quantitative estimate of drug-likeness (QED) is 0.835. The Balaban J connectivity index is 0.00000208. The van der Waals surface area contributed by atoms with Crippen LogP contribution in [0.5, 0.6) is 0 Å². The van der Waals surface area contributed by atoms with Crippen molar-refractivity contribution in [1.82, 2.24) is 14.8 Å². The molecule has 0 bridgehead atoms. The SMILES string of the molecule is CN1CCN(C(=O)c2ccc(S(=O)c3ccccc3)cn2)CC1.Cl. The molecule has 1 fully saturated rings. The van der Waals surface area contributed by atoms with E-state index in [0.717, 1.165) is 18.0 Å². The van der Waals surface area contributed by atoms with Crippen molar-refractivity contribution < 1.29 is 9.00 Å². The molecule has 0 N–H and O–H groups in total. The lowest BCUT2D eigenvalue weighted by atomic mass is 10.2. The molecule has 2 aromatic rings. The summed E-state index contributed by atoms with van der Waals surface area (Å²) in [7, 11) is 0.778. The van der Waals surface area contributed by atoms with E-state index in [0.29, 0.717) is 23.7 Å². The van der Waals surface area contributed by atoms with Crippen LogP contribution < -0.4 is 0 Å². The maximum absolute atomic E-state index is 12.4. The van der Waals surface area contributed by atoms with Crippen molar-refractivity contribution in [2.75, 3.05) is 33.2 Å². The Morgan fingerprint density at radius 1 is 1.00 bits per heavy atom. The summed E-state index contributed by atoms with van der Waals surface area (Å²) >= 11 is 0. The van der Waals surface area contributed by atoms with Crippen LogP contribution in [0.15, 0.2) is 58.5 Å². The monoisotopic (exact) mass is 365 g/mol. The summed E-state index contributed by atoms with van der Waals surface area (Å²) in [6.45, 7) is 3.19. The highest BCUT2D eigenvalue weighted by molar-refractivity contribution is 7.85. The molecule has 0 spiro atoms. The normalized spacial score (nSPS) is 16.3. The minimum atomic E-state index is -1.27. The van der Waals surface area contributed by atoms with Crippen LogP contribution in [0.1, 0.15) is 10.5 Å². The number of amides is 1. The van der Waals surface area contributed by atoms with E-state index in [2.05, 4.69) is 9.88 Å². The molecule has 1 atom stereocenters. The van der Waals surface area contributed by atoms with Crippen LogP contribution in [0.2, 0.25) is 0 Å². The summed E-state index contributed by atoms with van der Waals surface area (Å²) in [6.07, 6.45) is 1.53. The van der Waals surface area contributed by atoms with Crippen molar-refractivity contribution in [3.05, 3.63) is 54.4 Å². The van der Waals surface area contributed by atoms with E-state index in [1.807, 2.05) is 42.3 Å². The summed E-state index contributed by atoms with van der Waals surface area (Å²) in [5.74, 6) is -0.0601. The summed E-state index contributed by atoms with van der Waals surface area (Å²) in [4.78, 5) is 22.0. The smallest absolute Gasteiger partial charge is 0.272 e. The number of hydrogen-bond acceptors (Lipinski definition) is 4. The van der Waals surface area contributed by atoms with Crippen LogP contribution in [0, 0.1) is 0 Å². The number of carbonyl (C=O) groups excluding carboxylic acids is 1. The van der Waals surface area contributed by atoms with E-state index in [-0.39, 0.29) is 18.3 Å². The molecule has 7 heteroatoms. The van der Waals surface area contributed by atoms with Gasteiger partial charge in [-0.3, -0.25) is 4.79 Å². The molecule has 0 saturated carbocycles. The molecule has 1 aliphatic rings. The molecule has 128 valence electrons. The van der Waals surface area contributed by atoms with Crippen LogP contribution in [-0.2, 0) is 10.8 Å².